The number of imidazole rings is 1. The van der Waals surface area contributed by atoms with Crippen LogP contribution in [-0.4, -0.2) is 92.4 Å². The third-order valence-electron chi connectivity index (χ3n) is 11.0. The largest absolute Gasteiger partial charge is 0.497 e. The molecule has 1 saturated heterocycles. The van der Waals surface area contributed by atoms with Crippen LogP contribution in [0.25, 0.3) is 11.2 Å². The van der Waals surface area contributed by atoms with Crippen molar-refractivity contribution in [2.45, 2.75) is 87.4 Å². The highest BCUT2D eigenvalue weighted by Crippen LogP contribution is 2.49. The number of rotatable bonds is 16. The summed E-state index contributed by atoms with van der Waals surface area (Å²) in [4.78, 5) is 26.8. The summed E-state index contributed by atoms with van der Waals surface area (Å²) in [6.45, 7) is 3.39. The van der Waals surface area contributed by atoms with Crippen LogP contribution in [0.5, 0.6) is 11.6 Å². The fraction of sp³-hybridized carbons (Fsp3) is 0.409. The van der Waals surface area contributed by atoms with Crippen molar-refractivity contribution in [3.05, 3.63) is 108 Å². The standard InChI is InChI=1S/C44H50FN6O9P/c1-6-42(54)39(53)43(45,27-58-61(5,55)50-29(3)38(52)59-34-21-15-10-16-22-34)60-40(42)51-28-46-35-36(51)47-41(48-37(35)57-7-2)49-44(30-17-11-8-12-18-30,31-19-13-9-14-20-31)32-23-25-33(56-4)26-24-32/h1,8-9,11-14,17-20,23-26,28-29,34,39-40,53-54H,7,10,15-16,21-22,27H2,2-5H3,(H,50,55)(H,47,48,49)/t29-,39-,40+,42+,43+,61?/m0/s1. The molecule has 2 aliphatic rings. The molecule has 322 valence electrons. The first-order valence-electron chi connectivity index (χ1n) is 20.1. The maximum Gasteiger partial charge on any atom is 0.323 e. The number of methoxy groups -OCH3 is 1. The van der Waals surface area contributed by atoms with Gasteiger partial charge in [-0.25, -0.2) is 14.5 Å². The number of aliphatic hydroxyl groups excluding tert-OH is 1. The number of halogens is 1. The van der Waals surface area contributed by atoms with Crippen LogP contribution in [0.3, 0.4) is 0 Å². The number of carbonyl (C=O) groups excluding carboxylic acids is 1. The number of alkyl halides is 1. The minimum absolute atomic E-state index is 0.00474. The van der Waals surface area contributed by atoms with Gasteiger partial charge in [0, 0.05) is 6.66 Å². The molecule has 2 fully saturated rings. The summed E-state index contributed by atoms with van der Waals surface area (Å²) in [6, 6.07) is 25.8. The lowest BCUT2D eigenvalue weighted by atomic mass is 9.77. The average molecular weight is 857 g/mol. The second kappa shape index (κ2) is 17.9. The molecule has 1 saturated carbocycles. The number of aliphatic hydroxyl groups is 2. The first kappa shape index (κ1) is 43.7. The van der Waals surface area contributed by atoms with E-state index >= 15 is 4.39 Å². The number of anilines is 1. The van der Waals surface area contributed by atoms with E-state index in [1.807, 2.05) is 84.9 Å². The normalized spacial score (nSPS) is 23.4. The van der Waals surface area contributed by atoms with Crippen molar-refractivity contribution < 1.29 is 47.4 Å². The van der Waals surface area contributed by atoms with Gasteiger partial charge in [-0.2, -0.15) is 9.97 Å². The highest BCUT2D eigenvalue weighted by atomic mass is 31.2. The zero-order valence-electron chi connectivity index (χ0n) is 34.4. The van der Waals surface area contributed by atoms with Gasteiger partial charge in [0.25, 0.3) is 13.4 Å². The molecule has 2 aromatic heterocycles. The molecule has 4 N–H and O–H groups in total. The third-order valence-corrected chi connectivity index (χ3v) is 12.5. The van der Waals surface area contributed by atoms with Crippen molar-refractivity contribution >= 4 is 30.6 Å². The van der Waals surface area contributed by atoms with E-state index in [2.05, 4.69) is 21.3 Å². The maximum atomic E-state index is 16.9. The van der Waals surface area contributed by atoms with Crippen LogP contribution < -0.4 is 19.9 Å². The number of aromatic nitrogens is 4. The van der Waals surface area contributed by atoms with Gasteiger partial charge in [-0.05, 0) is 68.4 Å². The highest BCUT2D eigenvalue weighted by molar-refractivity contribution is 7.56. The van der Waals surface area contributed by atoms with Gasteiger partial charge in [0.1, 0.15) is 30.0 Å². The molecular weight excluding hydrogens is 806 g/mol. The smallest absolute Gasteiger partial charge is 0.323 e. The molecular formula is C44H50FN6O9P. The molecule has 1 aliphatic carbocycles. The van der Waals surface area contributed by atoms with Crippen LogP contribution in [0.15, 0.2) is 91.3 Å². The van der Waals surface area contributed by atoms with Crippen LogP contribution in [0.4, 0.5) is 10.3 Å². The number of nitrogens with one attached hydrogen (secondary N) is 2. The van der Waals surface area contributed by atoms with Gasteiger partial charge in [0.2, 0.25) is 17.4 Å². The Kier molecular flexibility index (Phi) is 12.8. The van der Waals surface area contributed by atoms with Crippen molar-refractivity contribution in [2.24, 2.45) is 0 Å². The zero-order valence-corrected chi connectivity index (χ0v) is 35.3. The predicted molar refractivity (Wildman–Crippen MR) is 225 cm³/mol. The first-order chi connectivity index (χ1) is 29.3. The number of carbonyl (C=O) groups is 1. The zero-order chi connectivity index (χ0) is 43.4. The van der Waals surface area contributed by atoms with Crippen molar-refractivity contribution in [2.75, 3.05) is 32.3 Å². The number of hydrogen-bond donors (Lipinski definition) is 4. The Morgan fingerprint density at radius 3 is 2.26 bits per heavy atom. The summed E-state index contributed by atoms with van der Waals surface area (Å²) in [7, 11) is -2.37. The van der Waals surface area contributed by atoms with E-state index in [-0.39, 0.29) is 35.7 Å². The molecule has 1 unspecified atom stereocenters. The number of benzene rings is 3. The van der Waals surface area contributed by atoms with Crippen molar-refractivity contribution in [1.82, 2.24) is 24.6 Å². The average Bonchev–Trinajstić information content (AvgIpc) is 3.79. The summed E-state index contributed by atoms with van der Waals surface area (Å²) >= 11 is 0. The molecule has 17 heteroatoms. The van der Waals surface area contributed by atoms with Gasteiger partial charge in [0.05, 0.1) is 20.0 Å². The van der Waals surface area contributed by atoms with Crippen LogP contribution in [0.2, 0.25) is 0 Å². The monoisotopic (exact) mass is 856 g/mol. The molecule has 5 aromatic rings. The van der Waals surface area contributed by atoms with E-state index < -0.39 is 55.5 Å². The Morgan fingerprint density at radius 1 is 1.05 bits per heavy atom. The predicted octanol–water partition coefficient (Wildman–Crippen LogP) is 6.25. The molecule has 0 bridgehead atoms. The minimum atomic E-state index is -3.96. The number of terminal acetylenes is 1. The molecule has 15 nitrogen and oxygen atoms in total. The summed E-state index contributed by atoms with van der Waals surface area (Å²) in [6.07, 6.45) is 6.94. The van der Waals surface area contributed by atoms with Gasteiger partial charge in [-0.15, -0.1) is 6.42 Å². The van der Waals surface area contributed by atoms with Crippen LogP contribution in [-0.2, 0) is 28.9 Å². The van der Waals surface area contributed by atoms with E-state index in [0.29, 0.717) is 5.75 Å². The lowest BCUT2D eigenvalue weighted by Crippen LogP contribution is -2.50. The second-order valence-electron chi connectivity index (χ2n) is 15.2. The Hall–Kier alpha value is -5.40. The van der Waals surface area contributed by atoms with E-state index in [4.69, 9.17) is 39.9 Å². The van der Waals surface area contributed by atoms with E-state index in [0.717, 1.165) is 55.5 Å². The lowest BCUT2D eigenvalue weighted by Gasteiger charge is -2.37. The van der Waals surface area contributed by atoms with Crippen molar-refractivity contribution in [3.63, 3.8) is 0 Å². The Labute approximate surface area is 353 Å². The summed E-state index contributed by atoms with van der Waals surface area (Å²) in [5, 5.41) is 29.3. The molecule has 0 spiro atoms. The quantitative estimate of drug-likeness (QED) is 0.0377. The molecule has 1 aliphatic heterocycles. The van der Waals surface area contributed by atoms with Gasteiger partial charge in [-0.3, -0.25) is 13.9 Å². The van der Waals surface area contributed by atoms with Crippen LogP contribution in [0, 0.1) is 12.3 Å². The topological polar surface area (TPSA) is 188 Å². The van der Waals surface area contributed by atoms with Crippen molar-refractivity contribution in [1.29, 1.82) is 0 Å². The van der Waals surface area contributed by atoms with E-state index in [1.54, 1.807) is 14.0 Å². The summed E-state index contributed by atoms with van der Waals surface area (Å²) in [5.41, 5.74) is -1.31. The van der Waals surface area contributed by atoms with E-state index in [9.17, 15) is 19.6 Å². The Morgan fingerprint density at radius 2 is 1.67 bits per heavy atom. The van der Waals surface area contributed by atoms with Gasteiger partial charge in [-0.1, -0.05) is 85.1 Å². The number of nitrogens with zero attached hydrogens (tertiary/aromatic N) is 4. The molecule has 61 heavy (non-hydrogen) atoms. The molecule has 3 heterocycles. The summed E-state index contributed by atoms with van der Waals surface area (Å²) < 4.78 is 59.8. The number of ether oxygens (including phenoxy) is 4. The van der Waals surface area contributed by atoms with Crippen LogP contribution in [0.1, 0.15) is 68.9 Å². The Balaban J connectivity index is 1.23. The maximum absolute atomic E-state index is 16.9. The number of esters is 1. The minimum Gasteiger partial charge on any atom is -0.497 e. The number of fused-ring (bicyclic) bond motifs is 1. The third kappa shape index (κ3) is 8.72. The lowest BCUT2D eigenvalue weighted by molar-refractivity contribution is -0.202. The van der Waals surface area contributed by atoms with Gasteiger partial charge in [0.15, 0.2) is 23.5 Å². The fourth-order valence-electron chi connectivity index (χ4n) is 7.89. The van der Waals surface area contributed by atoms with Gasteiger partial charge >= 0.3 is 5.97 Å². The number of hydrogen-bond acceptors (Lipinski definition) is 13. The Bertz CT molecular complexity index is 2360. The van der Waals surface area contributed by atoms with Crippen molar-refractivity contribution in [3.8, 4) is 24.0 Å². The molecule has 6 atom stereocenters. The molecule has 0 amide bonds. The molecule has 0 radical (unpaired) electrons. The molecule has 7 rings (SSSR count). The second-order valence-corrected chi connectivity index (χ2v) is 17.4. The van der Waals surface area contributed by atoms with Gasteiger partial charge < -0.3 is 39.0 Å². The van der Waals surface area contributed by atoms with Crippen LogP contribution >= 0.6 is 7.52 Å². The van der Waals surface area contributed by atoms with E-state index in [1.165, 1.54) is 17.8 Å². The molecule has 3 aromatic carbocycles. The first-order valence-corrected chi connectivity index (χ1v) is 22.2. The summed E-state index contributed by atoms with van der Waals surface area (Å²) in [5.74, 6) is -1.03. The SMILES string of the molecule is C#C[C@]1(O)[C@H](n2cnc3c(OCC)nc(NC(c4ccccc4)(c4ccccc4)c4ccc(OC)cc4)nc32)O[C@](F)(COP(C)(=O)N[C@@H](C)C(=O)OC2CCCCC2)[C@H]1O. The fourth-order valence-corrected chi connectivity index (χ4v) is 9.20. The highest BCUT2D eigenvalue weighted by Gasteiger charge is 2.65.